The Morgan fingerprint density at radius 3 is 1.93 bits per heavy atom. The summed E-state index contributed by atoms with van der Waals surface area (Å²) in [4.78, 5) is 36.2. The zero-order chi connectivity index (χ0) is 22.0. The highest BCUT2D eigenvalue weighted by molar-refractivity contribution is 5.78. The molecule has 0 spiro atoms. The third-order valence-electron chi connectivity index (χ3n) is 3.39. The molecular weight excluding hydrogens is 374 g/mol. The van der Waals surface area contributed by atoms with Crippen LogP contribution in [-0.4, -0.2) is 42.1 Å². The smallest absolute Gasteiger partial charge is 0.409 e. The van der Waals surface area contributed by atoms with Gasteiger partial charge in [-0.25, -0.2) is 14.4 Å². The molecule has 0 aliphatic heterocycles. The van der Waals surface area contributed by atoms with Crippen LogP contribution >= 0.6 is 0 Å². The number of hydrogen-bond donors (Lipinski definition) is 5. The quantitative estimate of drug-likeness (QED) is 0.446. The van der Waals surface area contributed by atoms with Gasteiger partial charge in [-0.1, -0.05) is 30.3 Å². The van der Waals surface area contributed by atoms with Gasteiger partial charge in [-0.05, 0) is 47.1 Å². The van der Waals surface area contributed by atoms with Crippen molar-refractivity contribution in [3.05, 3.63) is 35.9 Å². The number of carbonyl (C=O) groups is 3. The molecule has 1 rings (SSSR count). The van der Waals surface area contributed by atoms with Crippen molar-refractivity contribution in [1.29, 1.82) is 0 Å². The molecule has 0 radical (unpaired) electrons. The van der Waals surface area contributed by atoms with E-state index in [0.29, 0.717) is 6.42 Å². The lowest BCUT2D eigenvalue weighted by atomic mass is 10.1. The van der Waals surface area contributed by atoms with Crippen LogP contribution < -0.4 is 26.6 Å². The van der Waals surface area contributed by atoms with Crippen LogP contribution in [0.1, 0.15) is 47.1 Å². The van der Waals surface area contributed by atoms with E-state index in [9.17, 15) is 14.4 Å². The van der Waals surface area contributed by atoms with Crippen LogP contribution in [0, 0.1) is 0 Å². The Hall–Kier alpha value is -2.97. The molecule has 0 bridgehead atoms. The van der Waals surface area contributed by atoms with Crippen LogP contribution in [0.5, 0.6) is 0 Å². The van der Waals surface area contributed by atoms with E-state index in [-0.39, 0.29) is 12.1 Å². The van der Waals surface area contributed by atoms with E-state index in [0.717, 1.165) is 5.56 Å². The average molecular weight is 408 g/mol. The number of benzene rings is 1. The number of hydrogen-bond acceptors (Lipinski definition) is 4. The average Bonchev–Trinajstić information content (AvgIpc) is 2.52. The summed E-state index contributed by atoms with van der Waals surface area (Å²) in [5.41, 5.74) is 0.308. The van der Waals surface area contributed by atoms with E-state index >= 15 is 0 Å². The molecule has 162 valence electrons. The third kappa shape index (κ3) is 11.5. The topological polar surface area (TPSA) is 121 Å². The normalized spacial score (nSPS) is 13.1. The standard InChI is InChI=1S/C20H33N5O4/c1-13(2)21-17(26)24-16(12-15-10-8-7-9-11-15)25-18(27)22-14(3)23-19(28)29-20(4,5)6/h7-11,13-14,16H,12H2,1-6H3,(H,23,28)(H2,21,24,26)(H2,22,25,27)/t14-,16+/m0/s1. The summed E-state index contributed by atoms with van der Waals surface area (Å²) in [6, 6.07) is 8.49. The highest BCUT2D eigenvalue weighted by Gasteiger charge is 2.20. The van der Waals surface area contributed by atoms with E-state index < -0.39 is 30.1 Å². The number of alkyl carbamates (subject to hydrolysis) is 1. The van der Waals surface area contributed by atoms with Gasteiger partial charge < -0.3 is 31.3 Å². The van der Waals surface area contributed by atoms with Gasteiger partial charge in [0.1, 0.15) is 17.9 Å². The van der Waals surface area contributed by atoms with Gasteiger partial charge in [0.2, 0.25) is 0 Å². The van der Waals surface area contributed by atoms with Crippen molar-refractivity contribution in [1.82, 2.24) is 26.6 Å². The summed E-state index contributed by atoms with van der Waals surface area (Å²) in [6.07, 6.45) is -1.56. The summed E-state index contributed by atoms with van der Waals surface area (Å²) in [7, 11) is 0. The van der Waals surface area contributed by atoms with Gasteiger partial charge in [-0.15, -0.1) is 0 Å². The monoisotopic (exact) mass is 407 g/mol. The fraction of sp³-hybridized carbons (Fsp3) is 0.550. The number of ether oxygens (including phenoxy) is 1. The van der Waals surface area contributed by atoms with Crippen molar-refractivity contribution in [2.75, 3.05) is 0 Å². The van der Waals surface area contributed by atoms with Gasteiger partial charge in [0.15, 0.2) is 0 Å². The molecule has 0 saturated carbocycles. The van der Waals surface area contributed by atoms with E-state index in [2.05, 4.69) is 26.6 Å². The molecule has 0 aliphatic rings. The maximum absolute atomic E-state index is 12.3. The van der Waals surface area contributed by atoms with E-state index in [1.165, 1.54) is 0 Å². The van der Waals surface area contributed by atoms with Gasteiger partial charge >= 0.3 is 18.2 Å². The fourth-order valence-electron chi connectivity index (χ4n) is 2.37. The largest absolute Gasteiger partial charge is 0.444 e. The van der Waals surface area contributed by atoms with Crippen LogP contribution in [0.2, 0.25) is 0 Å². The molecule has 0 fully saturated rings. The van der Waals surface area contributed by atoms with E-state index in [1.807, 2.05) is 44.2 Å². The molecule has 29 heavy (non-hydrogen) atoms. The first-order valence-corrected chi connectivity index (χ1v) is 9.62. The highest BCUT2D eigenvalue weighted by atomic mass is 16.6. The van der Waals surface area contributed by atoms with Crippen LogP contribution in [0.3, 0.4) is 0 Å². The van der Waals surface area contributed by atoms with Crippen molar-refractivity contribution < 1.29 is 19.1 Å². The first-order chi connectivity index (χ1) is 13.4. The lowest BCUT2D eigenvalue weighted by Crippen LogP contribution is -2.58. The first kappa shape index (κ1) is 24.1. The van der Waals surface area contributed by atoms with Gasteiger partial charge in [0, 0.05) is 12.5 Å². The third-order valence-corrected chi connectivity index (χ3v) is 3.39. The molecule has 0 aromatic heterocycles. The molecule has 1 aromatic rings. The predicted molar refractivity (Wildman–Crippen MR) is 111 cm³/mol. The number of rotatable bonds is 7. The molecule has 2 atom stereocenters. The van der Waals surface area contributed by atoms with Crippen molar-refractivity contribution in [3.63, 3.8) is 0 Å². The number of carbonyl (C=O) groups excluding carboxylic acids is 3. The van der Waals surface area contributed by atoms with Crippen molar-refractivity contribution in [2.24, 2.45) is 0 Å². The number of amides is 5. The Bertz CT molecular complexity index is 673. The van der Waals surface area contributed by atoms with Gasteiger partial charge in [-0.2, -0.15) is 0 Å². The van der Waals surface area contributed by atoms with Crippen LogP contribution in [0.4, 0.5) is 14.4 Å². The fourth-order valence-corrected chi connectivity index (χ4v) is 2.37. The Balaban J connectivity index is 2.64. The Morgan fingerprint density at radius 1 is 0.862 bits per heavy atom. The maximum atomic E-state index is 12.3. The van der Waals surface area contributed by atoms with Crippen LogP contribution in [0.15, 0.2) is 30.3 Å². The molecule has 0 unspecified atom stereocenters. The molecule has 9 heteroatoms. The van der Waals surface area contributed by atoms with Crippen molar-refractivity contribution in [2.45, 2.75) is 71.9 Å². The highest BCUT2D eigenvalue weighted by Crippen LogP contribution is 2.06. The van der Waals surface area contributed by atoms with E-state index in [4.69, 9.17) is 4.74 Å². The minimum atomic E-state index is -0.674. The molecular formula is C20H33N5O4. The second-order valence-corrected chi connectivity index (χ2v) is 8.00. The molecule has 9 nitrogen and oxygen atoms in total. The SMILES string of the molecule is CC(C)NC(=O)N[C@@H](Cc1ccccc1)NC(=O)N[C@H](C)NC(=O)OC(C)(C)C. The van der Waals surface area contributed by atoms with Gasteiger partial charge in [-0.3, -0.25) is 0 Å². The second-order valence-electron chi connectivity index (χ2n) is 8.00. The Labute approximate surface area is 172 Å². The molecule has 0 saturated heterocycles. The summed E-state index contributed by atoms with van der Waals surface area (Å²) >= 11 is 0. The molecule has 5 N–H and O–H groups in total. The predicted octanol–water partition coefficient (Wildman–Crippen LogP) is 2.43. The molecule has 0 heterocycles. The lowest BCUT2D eigenvalue weighted by Gasteiger charge is -2.24. The molecule has 0 aliphatic carbocycles. The first-order valence-electron chi connectivity index (χ1n) is 9.62. The summed E-state index contributed by atoms with van der Waals surface area (Å²) in [6.45, 7) is 10.5. The second kappa shape index (κ2) is 11.1. The summed E-state index contributed by atoms with van der Waals surface area (Å²) in [5, 5.41) is 13.3. The van der Waals surface area contributed by atoms with Gasteiger partial charge in [0.05, 0.1) is 0 Å². The summed E-state index contributed by atoms with van der Waals surface area (Å²) < 4.78 is 5.15. The maximum Gasteiger partial charge on any atom is 0.409 e. The molecule has 1 aromatic carbocycles. The summed E-state index contributed by atoms with van der Waals surface area (Å²) in [5.74, 6) is 0. The van der Waals surface area contributed by atoms with Crippen molar-refractivity contribution in [3.8, 4) is 0 Å². The van der Waals surface area contributed by atoms with Crippen molar-refractivity contribution >= 4 is 18.2 Å². The van der Waals surface area contributed by atoms with Crippen LogP contribution in [-0.2, 0) is 11.2 Å². The minimum absolute atomic E-state index is 0.0424. The van der Waals surface area contributed by atoms with E-state index in [1.54, 1.807) is 27.7 Å². The van der Waals surface area contributed by atoms with Gasteiger partial charge in [0.25, 0.3) is 0 Å². The Kier molecular flexibility index (Phi) is 9.24. The molecule has 5 amide bonds. The lowest BCUT2D eigenvalue weighted by molar-refractivity contribution is 0.0503. The zero-order valence-electron chi connectivity index (χ0n) is 18.0. The number of urea groups is 2. The zero-order valence-corrected chi connectivity index (χ0v) is 18.0. The van der Waals surface area contributed by atoms with Crippen LogP contribution in [0.25, 0.3) is 0 Å². The minimum Gasteiger partial charge on any atom is -0.444 e. The number of nitrogens with one attached hydrogen (secondary N) is 5. The Morgan fingerprint density at radius 2 is 1.41 bits per heavy atom.